The lowest BCUT2D eigenvalue weighted by molar-refractivity contribution is -0.116. The second-order valence-electron chi connectivity index (χ2n) is 6.90. The van der Waals surface area contributed by atoms with Crippen LogP contribution in [-0.2, 0) is 4.79 Å². The quantitative estimate of drug-likeness (QED) is 0.487. The Bertz CT molecular complexity index is 949. The van der Waals surface area contributed by atoms with Crippen molar-refractivity contribution in [3.63, 3.8) is 0 Å². The summed E-state index contributed by atoms with van der Waals surface area (Å²) in [5.41, 5.74) is 4.21. The van der Waals surface area contributed by atoms with E-state index in [0.717, 1.165) is 35.9 Å². The van der Waals surface area contributed by atoms with Gasteiger partial charge in [0.25, 0.3) is 0 Å². The number of halogens is 1. The van der Waals surface area contributed by atoms with Crippen LogP contribution in [0, 0.1) is 0 Å². The van der Waals surface area contributed by atoms with E-state index in [2.05, 4.69) is 43.2 Å². The second-order valence-corrected chi connectivity index (χ2v) is 7.31. The molecule has 0 bridgehead atoms. The highest BCUT2D eigenvalue weighted by atomic mass is 35.5. The van der Waals surface area contributed by atoms with Gasteiger partial charge in [0.05, 0.1) is 10.7 Å². The van der Waals surface area contributed by atoms with Crippen LogP contribution in [0.1, 0.15) is 57.9 Å². The Balaban J connectivity index is 1.89. The van der Waals surface area contributed by atoms with Gasteiger partial charge in [0.1, 0.15) is 5.52 Å². The molecule has 5 heteroatoms. The van der Waals surface area contributed by atoms with Crippen molar-refractivity contribution in [2.75, 3.05) is 5.32 Å². The fourth-order valence-corrected chi connectivity index (χ4v) is 3.08. The molecule has 0 unspecified atom stereocenters. The average molecular weight is 385 g/mol. The predicted octanol–water partition coefficient (Wildman–Crippen LogP) is 6.79. The zero-order valence-electron chi connectivity index (χ0n) is 16.0. The Hall–Kier alpha value is -2.33. The van der Waals surface area contributed by atoms with Crippen LogP contribution in [0.2, 0.25) is 5.02 Å². The van der Waals surface area contributed by atoms with Crippen molar-refractivity contribution in [3.05, 3.63) is 47.0 Å². The third-order valence-corrected chi connectivity index (χ3v) is 5.17. The lowest BCUT2D eigenvalue weighted by Crippen LogP contribution is -2.11. The van der Waals surface area contributed by atoms with Gasteiger partial charge in [-0.3, -0.25) is 4.79 Å². The van der Waals surface area contributed by atoms with Crippen molar-refractivity contribution in [1.82, 2.24) is 4.98 Å². The summed E-state index contributed by atoms with van der Waals surface area (Å²) in [6.07, 6.45) is 3.39. The lowest BCUT2D eigenvalue weighted by atomic mass is 9.98. The molecule has 1 heterocycles. The van der Waals surface area contributed by atoms with E-state index in [4.69, 9.17) is 16.0 Å². The normalized spacial score (nSPS) is 12.3. The molecule has 0 fully saturated rings. The number of nitrogens with one attached hydrogen (secondary N) is 1. The maximum Gasteiger partial charge on any atom is 0.227 e. The first-order valence-electron chi connectivity index (χ1n) is 9.52. The molecule has 0 aliphatic carbocycles. The summed E-state index contributed by atoms with van der Waals surface area (Å²) in [5.74, 6) is 0.966. The van der Waals surface area contributed by atoms with Crippen molar-refractivity contribution >= 4 is 34.3 Å². The van der Waals surface area contributed by atoms with E-state index in [1.54, 1.807) is 6.07 Å². The van der Waals surface area contributed by atoms with Crippen molar-refractivity contribution in [2.45, 2.75) is 52.4 Å². The van der Waals surface area contributed by atoms with Gasteiger partial charge in [-0.1, -0.05) is 44.9 Å². The van der Waals surface area contributed by atoms with E-state index in [-0.39, 0.29) is 5.91 Å². The highest BCUT2D eigenvalue weighted by Crippen LogP contribution is 2.31. The minimum absolute atomic E-state index is 0.0355. The summed E-state index contributed by atoms with van der Waals surface area (Å²) in [6, 6.07) is 11.6. The molecule has 142 valence electrons. The Morgan fingerprint density at radius 2 is 2.04 bits per heavy atom. The van der Waals surface area contributed by atoms with E-state index in [0.29, 0.717) is 28.9 Å². The van der Waals surface area contributed by atoms with Gasteiger partial charge >= 0.3 is 0 Å². The molecule has 1 aromatic heterocycles. The maximum atomic E-state index is 12.0. The number of rotatable bonds is 7. The van der Waals surface area contributed by atoms with Crippen LogP contribution in [0.5, 0.6) is 0 Å². The van der Waals surface area contributed by atoms with E-state index in [9.17, 15) is 4.79 Å². The van der Waals surface area contributed by atoms with Crippen LogP contribution < -0.4 is 5.32 Å². The highest BCUT2D eigenvalue weighted by Gasteiger charge is 2.13. The monoisotopic (exact) mass is 384 g/mol. The van der Waals surface area contributed by atoms with Gasteiger partial charge in [-0.15, -0.1) is 0 Å². The molecule has 1 amide bonds. The fourth-order valence-electron chi connectivity index (χ4n) is 2.91. The Kier molecular flexibility index (Phi) is 6.17. The molecule has 1 atom stereocenters. The number of benzene rings is 2. The molecule has 0 spiro atoms. The third kappa shape index (κ3) is 4.51. The molecule has 0 saturated carbocycles. The summed E-state index contributed by atoms with van der Waals surface area (Å²) in [5, 5.41) is 3.38. The first-order chi connectivity index (χ1) is 13.0. The van der Waals surface area contributed by atoms with Crippen molar-refractivity contribution in [3.8, 4) is 11.5 Å². The van der Waals surface area contributed by atoms with Crippen molar-refractivity contribution in [1.29, 1.82) is 0 Å². The number of anilines is 1. The maximum absolute atomic E-state index is 12.0. The summed E-state index contributed by atoms with van der Waals surface area (Å²) in [4.78, 5) is 16.7. The molecular formula is C22H25ClN2O2. The molecule has 0 aliphatic rings. The highest BCUT2D eigenvalue weighted by molar-refractivity contribution is 6.33. The first kappa shape index (κ1) is 19.4. The number of fused-ring (bicyclic) bond motifs is 1. The number of unbranched alkanes of at least 4 members (excludes halogenated alkanes) is 1. The van der Waals surface area contributed by atoms with Gasteiger partial charge in [-0.2, -0.15) is 0 Å². The zero-order chi connectivity index (χ0) is 19.4. The summed E-state index contributed by atoms with van der Waals surface area (Å²) >= 11 is 6.25. The van der Waals surface area contributed by atoms with Gasteiger partial charge in [-0.25, -0.2) is 4.98 Å². The molecule has 0 saturated heterocycles. The van der Waals surface area contributed by atoms with Crippen LogP contribution in [0.25, 0.3) is 22.6 Å². The lowest BCUT2D eigenvalue weighted by Gasteiger charge is -2.08. The van der Waals surface area contributed by atoms with E-state index in [1.165, 1.54) is 5.56 Å². The van der Waals surface area contributed by atoms with Gasteiger partial charge in [0.15, 0.2) is 5.58 Å². The van der Waals surface area contributed by atoms with Crippen molar-refractivity contribution < 1.29 is 9.21 Å². The molecule has 3 rings (SSSR count). The van der Waals surface area contributed by atoms with Crippen LogP contribution in [-0.4, -0.2) is 10.9 Å². The predicted molar refractivity (Wildman–Crippen MR) is 111 cm³/mol. The smallest absolute Gasteiger partial charge is 0.227 e. The number of amides is 1. The Morgan fingerprint density at radius 1 is 1.22 bits per heavy atom. The largest absolute Gasteiger partial charge is 0.436 e. The second kappa shape index (κ2) is 8.57. The van der Waals surface area contributed by atoms with Gasteiger partial charge in [0, 0.05) is 12.0 Å². The molecule has 0 aliphatic heterocycles. The number of oxazole rings is 1. The van der Waals surface area contributed by atoms with Crippen molar-refractivity contribution in [2.24, 2.45) is 0 Å². The Labute approximate surface area is 164 Å². The zero-order valence-corrected chi connectivity index (χ0v) is 16.8. The number of nitrogens with zero attached hydrogens (tertiary/aromatic N) is 1. The summed E-state index contributed by atoms with van der Waals surface area (Å²) < 4.78 is 5.92. The van der Waals surface area contributed by atoms with Crippen LogP contribution in [0.3, 0.4) is 0 Å². The van der Waals surface area contributed by atoms with Gasteiger partial charge < -0.3 is 9.73 Å². The van der Waals surface area contributed by atoms with E-state index >= 15 is 0 Å². The van der Waals surface area contributed by atoms with Gasteiger partial charge in [0.2, 0.25) is 11.8 Å². The molecule has 1 N–H and O–H groups in total. The molecule has 0 radical (unpaired) electrons. The van der Waals surface area contributed by atoms with Crippen LogP contribution in [0.4, 0.5) is 5.69 Å². The summed E-state index contributed by atoms with van der Waals surface area (Å²) in [7, 11) is 0. The average Bonchev–Trinajstić information content (AvgIpc) is 3.10. The first-order valence-corrected chi connectivity index (χ1v) is 9.89. The van der Waals surface area contributed by atoms with Crippen LogP contribution in [0.15, 0.2) is 40.8 Å². The Morgan fingerprint density at radius 3 is 2.78 bits per heavy atom. The summed E-state index contributed by atoms with van der Waals surface area (Å²) in [6.45, 7) is 6.43. The minimum atomic E-state index is -0.0355. The molecule has 2 aromatic carbocycles. The standard InChI is InChI=1S/C22H25ClN2O2/c1-4-6-7-21(26)24-18-13-16(8-10-17(18)23)22-25-19-12-15(14(3)5-2)9-11-20(19)27-22/h8-14H,4-7H2,1-3H3,(H,24,26)/t14-/m0/s1. The van der Waals surface area contributed by atoms with Gasteiger partial charge in [-0.05, 0) is 54.7 Å². The van der Waals surface area contributed by atoms with Crippen LogP contribution >= 0.6 is 11.6 Å². The fraction of sp³-hybridized carbons (Fsp3) is 0.364. The molecular weight excluding hydrogens is 360 g/mol. The SMILES string of the molecule is CCCCC(=O)Nc1cc(-c2nc3cc([C@@H](C)CC)ccc3o2)ccc1Cl. The van der Waals surface area contributed by atoms with E-state index < -0.39 is 0 Å². The number of aromatic nitrogens is 1. The minimum Gasteiger partial charge on any atom is -0.436 e. The molecule has 27 heavy (non-hydrogen) atoms. The molecule has 3 aromatic rings. The number of hydrogen-bond donors (Lipinski definition) is 1. The number of hydrogen-bond acceptors (Lipinski definition) is 3. The third-order valence-electron chi connectivity index (χ3n) is 4.84. The molecule has 4 nitrogen and oxygen atoms in total. The number of carbonyl (C=O) groups is 1. The topological polar surface area (TPSA) is 55.1 Å². The number of carbonyl (C=O) groups excluding carboxylic acids is 1. The van der Waals surface area contributed by atoms with E-state index in [1.807, 2.05) is 18.2 Å².